The largest absolute Gasteiger partial charge is 0.353 e. The second-order valence-electron chi connectivity index (χ2n) is 6.50. The van der Waals surface area contributed by atoms with Crippen LogP contribution in [0.5, 0.6) is 0 Å². The van der Waals surface area contributed by atoms with Gasteiger partial charge in [-0.25, -0.2) is 0 Å². The van der Waals surface area contributed by atoms with Crippen molar-refractivity contribution in [2.24, 2.45) is 17.8 Å². The molecule has 0 aromatic carbocycles. The topological polar surface area (TPSA) is 61.4 Å². The molecule has 2 rings (SSSR count). The lowest BCUT2D eigenvalue weighted by Crippen LogP contribution is -2.49. The number of hydrogen-bond acceptors (Lipinski definition) is 3. The van der Waals surface area contributed by atoms with Crippen molar-refractivity contribution in [1.82, 2.24) is 15.5 Å². The van der Waals surface area contributed by atoms with Crippen molar-refractivity contribution in [1.29, 1.82) is 0 Å². The number of carbonyl (C=O) groups is 2. The summed E-state index contributed by atoms with van der Waals surface area (Å²) in [5.74, 6) is 0.981. The number of carbonyl (C=O) groups excluding carboxylic acids is 2. The number of amides is 2. The molecule has 0 aliphatic carbocycles. The van der Waals surface area contributed by atoms with Crippen LogP contribution in [0.15, 0.2) is 0 Å². The summed E-state index contributed by atoms with van der Waals surface area (Å²) in [5.41, 5.74) is 0. The summed E-state index contributed by atoms with van der Waals surface area (Å²) < 4.78 is 0. The fraction of sp³-hybridized carbons (Fsp3) is 0.867. The van der Waals surface area contributed by atoms with E-state index in [-0.39, 0.29) is 29.7 Å². The Hall–Kier alpha value is -1.10. The van der Waals surface area contributed by atoms with Gasteiger partial charge in [0.05, 0.1) is 5.92 Å². The van der Waals surface area contributed by atoms with Gasteiger partial charge in [-0.2, -0.15) is 0 Å². The van der Waals surface area contributed by atoms with Gasteiger partial charge in [0.25, 0.3) is 0 Å². The molecule has 2 amide bonds. The minimum Gasteiger partial charge on any atom is -0.353 e. The Morgan fingerprint density at radius 2 is 1.85 bits per heavy atom. The molecule has 2 saturated heterocycles. The van der Waals surface area contributed by atoms with Gasteiger partial charge < -0.3 is 15.5 Å². The minimum atomic E-state index is 0.0616. The first-order valence-corrected chi connectivity index (χ1v) is 7.79. The van der Waals surface area contributed by atoms with Gasteiger partial charge in [-0.1, -0.05) is 20.8 Å². The molecule has 2 atom stereocenters. The van der Waals surface area contributed by atoms with Crippen molar-refractivity contribution in [3.63, 3.8) is 0 Å². The van der Waals surface area contributed by atoms with Crippen LogP contribution >= 0.6 is 0 Å². The molecule has 2 aliphatic rings. The van der Waals surface area contributed by atoms with Crippen LogP contribution in [-0.2, 0) is 9.59 Å². The van der Waals surface area contributed by atoms with Gasteiger partial charge in [-0.15, -0.1) is 0 Å². The molecule has 2 fully saturated rings. The van der Waals surface area contributed by atoms with Gasteiger partial charge in [0.1, 0.15) is 0 Å². The molecule has 2 unspecified atom stereocenters. The van der Waals surface area contributed by atoms with Gasteiger partial charge in [0.15, 0.2) is 0 Å². The van der Waals surface area contributed by atoms with Crippen LogP contribution in [0.2, 0.25) is 0 Å². The second kappa shape index (κ2) is 6.57. The molecule has 5 heteroatoms. The number of nitrogens with zero attached hydrogens (tertiary/aromatic N) is 1. The standard InChI is InChI=1S/C15H27N3O2/c1-10(2)15(20)18-6-4-12(5-7-18)17-14(19)13-9-16-8-11(13)3/h10-13,16H,4-9H2,1-3H3,(H,17,19). The molecule has 0 radical (unpaired) electrons. The van der Waals surface area contributed by atoms with E-state index in [2.05, 4.69) is 17.6 Å². The number of hydrogen-bond donors (Lipinski definition) is 2. The van der Waals surface area contributed by atoms with Crippen LogP contribution in [0.3, 0.4) is 0 Å². The maximum Gasteiger partial charge on any atom is 0.225 e. The SMILES string of the molecule is CC(C)C(=O)N1CCC(NC(=O)C2CNCC2C)CC1. The molecule has 0 bridgehead atoms. The predicted octanol–water partition coefficient (Wildman–Crippen LogP) is 0.605. The van der Waals surface area contributed by atoms with Crippen molar-refractivity contribution in [2.75, 3.05) is 26.2 Å². The predicted molar refractivity (Wildman–Crippen MR) is 78.1 cm³/mol. The summed E-state index contributed by atoms with van der Waals surface area (Å²) in [5, 5.41) is 6.42. The zero-order valence-corrected chi connectivity index (χ0v) is 12.8. The van der Waals surface area contributed by atoms with Crippen molar-refractivity contribution in [2.45, 2.75) is 39.7 Å². The van der Waals surface area contributed by atoms with E-state index in [9.17, 15) is 9.59 Å². The summed E-state index contributed by atoms with van der Waals surface area (Å²) in [6, 6.07) is 0.228. The highest BCUT2D eigenvalue weighted by Crippen LogP contribution is 2.18. The molecule has 5 nitrogen and oxygen atoms in total. The maximum absolute atomic E-state index is 12.2. The lowest BCUT2D eigenvalue weighted by atomic mass is 9.96. The molecule has 2 heterocycles. The van der Waals surface area contributed by atoms with E-state index in [0.717, 1.165) is 39.0 Å². The van der Waals surface area contributed by atoms with Crippen molar-refractivity contribution in [3.8, 4) is 0 Å². The first kappa shape index (κ1) is 15.3. The van der Waals surface area contributed by atoms with Crippen molar-refractivity contribution in [3.05, 3.63) is 0 Å². The molecule has 0 aromatic heterocycles. The van der Waals surface area contributed by atoms with Crippen LogP contribution in [0, 0.1) is 17.8 Å². The normalized spacial score (nSPS) is 27.9. The third-order valence-electron chi connectivity index (χ3n) is 4.50. The zero-order valence-electron chi connectivity index (χ0n) is 12.8. The maximum atomic E-state index is 12.2. The van der Waals surface area contributed by atoms with Crippen LogP contribution in [0.25, 0.3) is 0 Å². The first-order valence-electron chi connectivity index (χ1n) is 7.79. The average molecular weight is 281 g/mol. The van der Waals surface area contributed by atoms with E-state index in [1.165, 1.54) is 0 Å². The Morgan fingerprint density at radius 1 is 1.20 bits per heavy atom. The number of likely N-dealkylation sites (tertiary alicyclic amines) is 1. The molecule has 0 spiro atoms. The van der Waals surface area contributed by atoms with Gasteiger partial charge >= 0.3 is 0 Å². The van der Waals surface area contributed by atoms with E-state index < -0.39 is 0 Å². The van der Waals surface area contributed by atoms with Crippen LogP contribution in [0.1, 0.15) is 33.6 Å². The smallest absolute Gasteiger partial charge is 0.225 e. The Kier molecular flexibility index (Phi) is 5.02. The van der Waals surface area contributed by atoms with E-state index in [1.54, 1.807) is 0 Å². The van der Waals surface area contributed by atoms with Gasteiger partial charge in [-0.3, -0.25) is 9.59 Å². The Morgan fingerprint density at radius 3 is 2.35 bits per heavy atom. The fourth-order valence-corrected chi connectivity index (χ4v) is 3.08. The molecule has 114 valence electrons. The molecular formula is C15H27N3O2. The molecule has 0 saturated carbocycles. The molecule has 0 aromatic rings. The average Bonchev–Trinajstić information content (AvgIpc) is 2.85. The Balaban J connectivity index is 1.77. The minimum absolute atomic E-state index is 0.0616. The third kappa shape index (κ3) is 3.51. The van der Waals surface area contributed by atoms with Crippen LogP contribution in [-0.4, -0.2) is 48.9 Å². The summed E-state index contributed by atoms with van der Waals surface area (Å²) >= 11 is 0. The third-order valence-corrected chi connectivity index (χ3v) is 4.50. The van der Waals surface area contributed by atoms with Crippen molar-refractivity contribution >= 4 is 11.8 Å². The monoisotopic (exact) mass is 281 g/mol. The van der Waals surface area contributed by atoms with Crippen molar-refractivity contribution < 1.29 is 9.59 Å². The van der Waals surface area contributed by atoms with E-state index >= 15 is 0 Å². The van der Waals surface area contributed by atoms with Gasteiger partial charge in [0, 0.05) is 31.6 Å². The highest BCUT2D eigenvalue weighted by Gasteiger charge is 2.32. The Bertz CT molecular complexity index is 362. The lowest BCUT2D eigenvalue weighted by Gasteiger charge is -2.34. The highest BCUT2D eigenvalue weighted by atomic mass is 16.2. The first-order chi connectivity index (χ1) is 9.49. The fourth-order valence-electron chi connectivity index (χ4n) is 3.08. The van der Waals surface area contributed by atoms with Crippen LogP contribution in [0.4, 0.5) is 0 Å². The second-order valence-corrected chi connectivity index (χ2v) is 6.50. The number of nitrogens with one attached hydrogen (secondary N) is 2. The van der Waals surface area contributed by atoms with E-state index in [4.69, 9.17) is 0 Å². The van der Waals surface area contributed by atoms with Crippen LogP contribution < -0.4 is 10.6 Å². The van der Waals surface area contributed by atoms with Gasteiger partial charge in [-0.05, 0) is 25.3 Å². The summed E-state index contributed by atoms with van der Waals surface area (Å²) in [6.07, 6.45) is 1.75. The number of rotatable bonds is 3. The summed E-state index contributed by atoms with van der Waals surface area (Å²) in [4.78, 5) is 26.0. The lowest BCUT2D eigenvalue weighted by molar-refractivity contribution is -0.135. The highest BCUT2D eigenvalue weighted by molar-refractivity contribution is 5.80. The molecular weight excluding hydrogens is 254 g/mol. The molecule has 2 aliphatic heterocycles. The zero-order chi connectivity index (χ0) is 14.7. The molecule has 2 N–H and O–H groups in total. The van der Waals surface area contributed by atoms with E-state index in [0.29, 0.717) is 5.92 Å². The molecule has 20 heavy (non-hydrogen) atoms. The van der Waals surface area contributed by atoms with Gasteiger partial charge in [0.2, 0.25) is 11.8 Å². The Labute approximate surface area is 121 Å². The van der Waals surface area contributed by atoms with E-state index in [1.807, 2.05) is 18.7 Å². The quantitative estimate of drug-likeness (QED) is 0.796. The summed E-state index contributed by atoms with van der Waals surface area (Å²) in [6.45, 7) is 9.24. The summed E-state index contributed by atoms with van der Waals surface area (Å²) in [7, 11) is 0. The number of piperidine rings is 1.